The molecule has 0 spiro atoms. The Hall–Kier alpha value is -2.59. The van der Waals surface area contributed by atoms with Crippen molar-refractivity contribution in [2.45, 2.75) is 25.7 Å². The number of anilines is 2. The highest BCUT2D eigenvalue weighted by molar-refractivity contribution is 5.70. The second kappa shape index (κ2) is 6.49. The number of aliphatic hydroxyl groups excluding tert-OH is 1. The van der Waals surface area contributed by atoms with Crippen molar-refractivity contribution < 1.29 is 9.52 Å². The van der Waals surface area contributed by atoms with E-state index in [9.17, 15) is 0 Å². The molecular formula is C20H20N2O2. The van der Waals surface area contributed by atoms with E-state index >= 15 is 0 Å². The van der Waals surface area contributed by atoms with E-state index in [1.165, 1.54) is 11.3 Å². The number of aliphatic hydroxyl groups is 1. The Balaban J connectivity index is 1.67. The van der Waals surface area contributed by atoms with Crippen LogP contribution in [0.5, 0.6) is 0 Å². The van der Waals surface area contributed by atoms with Crippen molar-refractivity contribution in [3.63, 3.8) is 0 Å². The summed E-state index contributed by atoms with van der Waals surface area (Å²) in [7, 11) is 0. The fraction of sp³-hybridized carbons (Fsp3) is 0.250. The summed E-state index contributed by atoms with van der Waals surface area (Å²) in [5.74, 6) is 0.797. The molecule has 122 valence electrons. The van der Waals surface area contributed by atoms with Gasteiger partial charge in [0.2, 0.25) is 0 Å². The van der Waals surface area contributed by atoms with Gasteiger partial charge in [0.1, 0.15) is 5.69 Å². The summed E-state index contributed by atoms with van der Waals surface area (Å²) < 4.78 is 5.51. The summed E-state index contributed by atoms with van der Waals surface area (Å²) >= 11 is 0. The number of nitrogens with zero attached hydrogens (tertiary/aromatic N) is 1. The number of aryl methyl sites for hydroxylation is 1. The molecule has 1 aliphatic carbocycles. The van der Waals surface area contributed by atoms with Crippen LogP contribution in [-0.2, 0) is 19.3 Å². The summed E-state index contributed by atoms with van der Waals surface area (Å²) in [4.78, 5) is 4.77. The van der Waals surface area contributed by atoms with Crippen LogP contribution in [-0.4, -0.2) is 16.7 Å². The number of pyridine rings is 1. The lowest BCUT2D eigenvalue weighted by Crippen LogP contribution is -2.00. The molecule has 0 amide bonds. The van der Waals surface area contributed by atoms with E-state index in [2.05, 4.69) is 23.5 Å². The van der Waals surface area contributed by atoms with E-state index in [0.717, 1.165) is 47.7 Å². The Morgan fingerprint density at radius 3 is 2.75 bits per heavy atom. The van der Waals surface area contributed by atoms with Crippen LogP contribution in [0, 0.1) is 0 Å². The van der Waals surface area contributed by atoms with Crippen molar-refractivity contribution in [3.05, 3.63) is 65.5 Å². The minimum Gasteiger partial charge on any atom is -0.463 e. The Kier molecular flexibility index (Phi) is 4.05. The number of rotatable bonds is 5. The van der Waals surface area contributed by atoms with Crippen molar-refractivity contribution in [1.82, 2.24) is 4.98 Å². The Morgan fingerprint density at radius 2 is 2.00 bits per heavy atom. The Bertz CT molecular complexity index is 824. The third-order valence-electron chi connectivity index (χ3n) is 4.46. The fourth-order valence-electron chi connectivity index (χ4n) is 3.24. The number of nitrogens with one attached hydrogen (secondary N) is 1. The largest absolute Gasteiger partial charge is 0.463 e. The highest BCUT2D eigenvalue weighted by Crippen LogP contribution is 2.33. The molecule has 2 heterocycles. The van der Waals surface area contributed by atoms with Crippen LogP contribution in [0.15, 0.2) is 53.1 Å². The monoisotopic (exact) mass is 320 g/mol. The maximum Gasteiger partial charge on any atom is 0.152 e. The van der Waals surface area contributed by atoms with Gasteiger partial charge >= 0.3 is 0 Å². The first kappa shape index (κ1) is 15.0. The lowest BCUT2D eigenvalue weighted by Gasteiger charge is -2.13. The van der Waals surface area contributed by atoms with Crippen LogP contribution in [0.25, 0.3) is 11.5 Å². The van der Waals surface area contributed by atoms with E-state index in [1.807, 2.05) is 24.3 Å². The lowest BCUT2D eigenvalue weighted by atomic mass is 10.1. The SMILES string of the molecule is OCCc1ccc(Nc2cc(-c3ccco3)nc3c2CCC3)cc1. The van der Waals surface area contributed by atoms with Crippen LogP contribution >= 0.6 is 0 Å². The number of aromatic nitrogens is 1. The molecule has 0 saturated carbocycles. The van der Waals surface area contributed by atoms with Gasteiger partial charge in [-0.05, 0) is 67.1 Å². The van der Waals surface area contributed by atoms with E-state index < -0.39 is 0 Å². The number of hydrogen-bond acceptors (Lipinski definition) is 4. The number of hydrogen-bond donors (Lipinski definition) is 2. The van der Waals surface area contributed by atoms with Gasteiger partial charge in [-0.1, -0.05) is 12.1 Å². The van der Waals surface area contributed by atoms with Crippen LogP contribution < -0.4 is 5.32 Å². The minimum atomic E-state index is 0.178. The normalized spacial score (nSPS) is 13.0. The molecule has 0 radical (unpaired) electrons. The molecule has 2 aromatic heterocycles. The highest BCUT2D eigenvalue weighted by atomic mass is 16.3. The number of fused-ring (bicyclic) bond motifs is 1. The van der Waals surface area contributed by atoms with Crippen LogP contribution in [0.4, 0.5) is 11.4 Å². The first-order valence-electron chi connectivity index (χ1n) is 8.37. The van der Waals surface area contributed by atoms with Crippen molar-refractivity contribution in [2.24, 2.45) is 0 Å². The van der Waals surface area contributed by atoms with Gasteiger partial charge < -0.3 is 14.8 Å². The zero-order valence-corrected chi connectivity index (χ0v) is 13.5. The molecule has 0 saturated heterocycles. The molecule has 1 aliphatic rings. The first-order chi connectivity index (χ1) is 11.8. The van der Waals surface area contributed by atoms with Gasteiger partial charge in [-0.25, -0.2) is 4.98 Å². The van der Waals surface area contributed by atoms with Gasteiger partial charge in [0.05, 0.1) is 6.26 Å². The van der Waals surface area contributed by atoms with Gasteiger partial charge in [-0.3, -0.25) is 0 Å². The molecule has 2 N–H and O–H groups in total. The topological polar surface area (TPSA) is 58.3 Å². The smallest absolute Gasteiger partial charge is 0.152 e. The molecule has 24 heavy (non-hydrogen) atoms. The molecule has 0 unspecified atom stereocenters. The van der Waals surface area contributed by atoms with Crippen LogP contribution in [0.1, 0.15) is 23.2 Å². The Morgan fingerprint density at radius 1 is 1.12 bits per heavy atom. The van der Waals surface area contributed by atoms with Crippen molar-refractivity contribution in [2.75, 3.05) is 11.9 Å². The average Bonchev–Trinajstić information content (AvgIpc) is 3.28. The molecule has 4 heteroatoms. The van der Waals surface area contributed by atoms with Crippen molar-refractivity contribution in [3.8, 4) is 11.5 Å². The zero-order valence-electron chi connectivity index (χ0n) is 13.5. The maximum absolute atomic E-state index is 9.02. The zero-order chi connectivity index (χ0) is 16.4. The average molecular weight is 320 g/mol. The third-order valence-corrected chi connectivity index (χ3v) is 4.46. The molecule has 4 rings (SSSR count). The molecule has 0 aliphatic heterocycles. The van der Waals surface area contributed by atoms with Gasteiger partial charge in [0.25, 0.3) is 0 Å². The summed E-state index contributed by atoms with van der Waals surface area (Å²) in [5, 5.41) is 12.6. The number of furan rings is 1. The summed E-state index contributed by atoms with van der Waals surface area (Å²) in [6.45, 7) is 0.178. The molecular weight excluding hydrogens is 300 g/mol. The molecule has 1 aromatic carbocycles. The summed E-state index contributed by atoms with van der Waals surface area (Å²) in [6.07, 6.45) is 5.60. The summed E-state index contributed by atoms with van der Waals surface area (Å²) in [6, 6.07) is 14.1. The van der Waals surface area contributed by atoms with Gasteiger partial charge in [0.15, 0.2) is 5.76 Å². The molecule has 0 bridgehead atoms. The minimum absolute atomic E-state index is 0.178. The van der Waals surface area contributed by atoms with E-state index in [4.69, 9.17) is 14.5 Å². The molecule has 4 nitrogen and oxygen atoms in total. The van der Waals surface area contributed by atoms with Crippen molar-refractivity contribution >= 4 is 11.4 Å². The lowest BCUT2D eigenvalue weighted by molar-refractivity contribution is 0.299. The van der Waals surface area contributed by atoms with Crippen LogP contribution in [0.2, 0.25) is 0 Å². The van der Waals surface area contributed by atoms with E-state index in [1.54, 1.807) is 6.26 Å². The molecule has 0 fully saturated rings. The van der Waals surface area contributed by atoms with E-state index in [-0.39, 0.29) is 6.61 Å². The maximum atomic E-state index is 9.02. The predicted octanol–water partition coefficient (Wildman–Crippen LogP) is 4.11. The predicted molar refractivity (Wildman–Crippen MR) is 94.5 cm³/mol. The van der Waals surface area contributed by atoms with Gasteiger partial charge in [-0.15, -0.1) is 0 Å². The quantitative estimate of drug-likeness (QED) is 0.743. The standard InChI is InChI=1S/C20H20N2O2/c23-11-10-14-6-8-15(9-7-14)21-18-13-19(20-5-2-12-24-20)22-17-4-1-3-16(17)18/h2,5-9,12-13,23H,1,3-4,10-11H2,(H,21,22). The molecule has 3 aromatic rings. The second-order valence-electron chi connectivity index (χ2n) is 6.11. The first-order valence-corrected chi connectivity index (χ1v) is 8.37. The second-order valence-corrected chi connectivity index (χ2v) is 6.11. The van der Waals surface area contributed by atoms with Crippen molar-refractivity contribution in [1.29, 1.82) is 0 Å². The van der Waals surface area contributed by atoms with E-state index in [0.29, 0.717) is 6.42 Å². The third kappa shape index (κ3) is 2.93. The van der Waals surface area contributed by atoms with Gasteiger partial charge in [-0.2, -0.15) is 0 Å². The highest BCUT2D eigenvalue weighted by Gasteiger charge is 2.19. The Labute approximate surface area is 141 Å². The fourth-order valence-corrected chi connectivity index (χ4v) is 3.24. The number of benzene rings is 1. The van der Waals surface area contributed by atoms with Crippen LogP contribution in [0.3, 0.4) is 0 Å². The molecule has 0 atom stereocenters. The summed E-state index contributed by atoms with van der Waals surface area (Å²) in [5.41, 5.74) is 6.65. The van der Waals surface area contributed by atoms with Gasteiger partial charge in [0, 0.05) is 23.7 Å².